The number of benzene rings is 1. The number of nitrogens with one attached hydrogen (secondary N) is 1. The van der Waals surface area contributed by atoms with Gasteiger partial charge in [0.05, 0.1) is 39.4 Å². The zero-order valence-electron chi connectivity index (χ0n) is 19.9. The molecule has 0 fully saturated rings. The summed E-state index contributed by atoms with van der Waals surface area (Å²) in [5.74, 6) is -2.39. The van der Waals surface area contributed by atoms with Crippen LogP contribution in [-0.2, 0) is 23.9 Å². The number of allylic oxidation sites excluding steroid dienone is 3. The van der Waals surface area contributed by atoms with Crippen LogP contribution in [0.1, 0.15) is 45.1 Å². The summed E-state index contributed by atoms with van der Waals surface area (Å²) in [6.07, 6.45) is 1.13. The highest BCUT2D eigenvalue weighted by Gasteiger charge is 2.47. The maximum Gasteiger partial charge on any atom is 0.336 e. The molecule has 2 aliphatic rings. The largest absolute Gasteiger partial charge is 0.497 e. The van der Waals surface area contributed by atoms with Crippen LogP contribution in [0.2, 0.25) is 0 Å². The van der Waals surface area contributed by atoms with Gasteiger partial charge in [0.1, 0.15) is 17.4 Å². The molecule has 1 aliphatic carbocycles. The number of Topliss-reactive ketones (excluding diaryl/α,β-unsaturated/α-hetero) is 1. The van der Waals surface area contributed by atoms with Crippen molar-refractivity contribution in [2.24, 2.45) is 11.8 Å². The number of esters is 2. The number of hydrogen-bond acceptors (Lipinski definition) is 8. The van der Waals surface area contributed by atoms with E-state index in [1.54, 1.807) is 32.2 Å². The van der Waals surface area contributed by atoms with Gasteiger partial charge in [0.2, 0.25) is 0 Å². The molecule has 0 aromatic heterocycles. The predicted molar refractivity (Wildman–Crippen MR) is 121 cm³/mol. The lowest BCUT2D eigenvalue weighted by atomic mass is 9.69. The molecule has 3 atom stereocenters. The van der Waals surface area contributed by atoms with Gasteiger partial charge in [-0.05, 0) is 31.7 Å². The third kappa shape index (κ3) is 4.47. The third-order valence-corrected chi connectivity index (χ3v) is 6.15. The fourth-order valence-corrected chi connectivity index (χ4v) is 4.59. The van der Waals surface area contributed by atoms with Crippen LogP contribution in [0.5, 0.6) is 11.5 Å². The van der Waals surface area contributed by atoms with E-state index in [2.05, 4.69) is 5.32 Å². The fourth-order valence-electron chi connectivity index (χ4n) is 4.59. The minimum atomic E-state index is -0.950. The standard InChI is InChI=1S/C25H31NO7/c1-7-10-33-25(29)20-14(3)26-17-11-13(2)19(24(28)32-6)23(27)22(17)21(20)16-9-8-15(30-4)12-18(16)31-5/h8-9,12-13,19,21,26H,7,10-11H2,1-6H3/t13-,19-,21+/m1/s1. The van der Waals surface area contributed by atoms with Crippen molar-refractivity contribution in [1.82, 2.24) is 5.32 Å². The minimum Gasteiger partial charge on any atom is -0.497 e. The maximum absolute atomic E-state index is 13.7. The molecule has 8 heteroatoms. The van der Waals surface area contributed by atoms with E-state index in [0.717, 1.165) is 0 Å². The van der Waals surface area contributed by atoms with Crippen LogP contribution in [0.25, 0.3) is 0 Å². The molecular weight excluding hydrogens is 426 g/mol. The lowest BCUT2D eigenvalue weighted by Crippen LogP contribution is -2.43. The Kier molecular flexibility index (Phi) is 7.46. The van der Waals surface area contributed by atoms with E-state index in [4.69, 9.17) is 18.9 Å². The molecule has 1 heterocycles. The van der Waals surface area contributed by atoms with E-state index in [0.29, 0.717) is 52.4 Å². The third-order valence-electron chi connectivity index (χ3n) is 6.15. The minimum absolute atomic E-state index is 0.254. The van der Waals surface area contributed by atoms with Gasteiger partial charge in [0.15, 0.2) is 5.78 Å². The summed E-state index contributed by atoms with van der Waals surface area (Å²) >= 11 is 0. The van der Waals surface area contributed by atoms with Crippen LogP contribution < -0.4 is 14.8 Å². The highest BCUT2D eigenvalue weighted by molar-refractivity contribution is 6.12. The summed E-state index contributed by atoms with van der Waals surface area (Å²) in [6, 6.07) is 5.23. The van der Waals surface area contributed by atoms with Crippen LogP contribution in [-0.4, -0.2) is 45.7 Å². The first-order valence-corrected chi connectivity index (χ1v) is 11.0. The highest BCUT2D eigenvalue weighted by Crippen LogP contribution is 2.48. The van der Waals surface area contributed by atoms with E-state index < -0.39 is 23.8 Å². The Hall–Kier alpha value is -3.29. The molecule has 0 spiro atoms. The molecule has 0 bridgehead atoms. The van der Waals surface area contributed by atoms with Gasteiger partial charge in [-0.2, -0.15) is 0 Å². The lowest BCUT2D eigenvalue weighted by molar-refractivity contribution is -0.151. The second kappa shape index (κ2) is 10.1. The number of hydrogen-bond donors (Lipinski definition) is 1. The number of methoxy groups -OCH3 is 3. The molecular formula is C25H31NO7. The van der Waals surface area contributed by atoms with Gasteiger partial charge >= 0.3 is 11.9 Å². The van der Waals surface area contributed by atoms with E-state index in [1.165, 1.54) is 14.2 Å². The molecule has 0 saturated heterocycles. The Bertz CT molecular complexity index is 1020. The first-order chi connectivity index (χ1) is 15.8. The number of rotatable bonds is 7. The molecule has 1 aromatic rings. The van der Waals surface area contributed by atoms with E-state index in [9.17, 15) is 14.4 Å². The quantitative estimate of drug-likeness (QED) is 0.492. The van der Waals surface area contributed by atoms with Gasteiger partial charge in [-0.3, -0.25) is 9.59 Å². The molecule has 0 radical (unpaired) electrons. The Morgan fingerprint density at radius 1 is 1.15 bits per heavy atom. The van der Waals surface area contributed by atoms with Gasteiger partial charge in [-0.25, -0.2) is 4.79 Å². The van der Waals surface area contributed by atoms with Gasteiger partial charge in [0.25, 0.3) is 0 Å². The first-order valence-electron chi connectivity index (χ1n) is 11.0. The molecule has 8 nitrogen and oxygen atoms in total. The summed E-state index contributed by atoms with van der Waals surface area (Å²) < 4.78 is 21.3. The normalized spacial score (nSPS) is 22.4. The van der Waals surface area contributed by atoms with Crippen LogP contribution >= 0.6 is 0 Å². The summed E-state index contributed by atoms with van der Waals surface area (Å²) in [5, 5.41) is 3.24. The zero-order valence-corrected chi connectivity index (χ0v) is 19.9. The predicted octanol–water partition coefficient (Wildman–Crippen LogP) is 3.27. The number of ketones is 1. The fraction of sp³-hybridized carbons (Fsp3) is 0.480. The SMILES string of the molecule is CCCOC(=O)C1=C(C)NC2=C(C(=O)[C@H](C(=O)OC)[C@H](C)C2)[C@H]1c1ccc(OC)cc1OC. The van der Waals surface area contributed by atoms with Crippen molar-refractivity contribution in [1.29, 1.82) is 0 Å². The Morgan fingerprint density at radius 3 is 2.48 bits per heavy atom. The van der Waals surface area contributed by atoms with Crippen molar-refractivity contribution in [3.05, 3.63) is 46.3 Å². The van der Waals surface area contributed by atoms with Crippen molar-refractivity contribution in [3.63, 3.8) is 0 Å². The molecule has 1 aliphatic heterocycles. The van der Waals surface area contributed by atoms with E-state index in [1.807, 2.05) is 13.8 Å². The Morgan fingerprint density at radius 2 is 1.88 bits per heavy atom. The van der Waals surface area contributed by atoms with Gasteiger partial charge in [0, 0.05) is 28.6 Å². The summed E-state index contributed by atoms with van der Waals surface area (Å²) in [6.45, 7) is 5.80. The van der Waals surface area contributed by atoms with Crippen LogP contribution in [0, 0.1) is 11.8 Å². The van der Waals surface area contributed by atoms with E-state index >= 15 is 0 Å². The average molecular weight is 458 g/mol. The highest BCUT2D eigenvalue weighted by atomic mass is 16.5. The molecule has 178 valence electrons. The van der Waals surface area contributed by atoms with Crippen molar-refractivity contribution in [2.75, 3.05) is 27.9 Å². The van der Waals surface area contributed by atoms with Crippen LogP contribution in [0.3, 0.4) is 0 Å². The molecule has 0 saturated carbocycles. The number of carbonyl (C=O) groups is 3. The van der Waals surface area contributed by atoms with Crippen molar-refractivity contribution >= 4 is 17.7 Å². The van der Waals surface area contributed by atoms with Gasteiger partial charge in [-0.15, -0.1) is 0 Å². The molecule has 33 heavy (non-hydrogen) atoms. The lowest BCUT2D eigenvalue weighted by Gasteiger charge is -2.38. The van der Waals surface area contributed by atoms with Crippen LogP contribution in [0.4, 0.5) is 0 Å². The van der Waals surface area contributed by atoms with Gasteiger partial charge < -0.3 is 24.3 Å². The average Bonchev–Trinajstić information content (AvgIpc) is 2.80. The zero-order chi connectivity index (χ0) is 24.3. The topological polar surface area (TPSA) is 100 Å². The molecule has 0 amide bonds. The Labute approximate surface area is 193 Å². The van der Waals surface area contributed by atoms with Crippen molar-refractivity contribution in [3.8, 4) is 11.5 Å². The van der Waals surface area contributed by atoms with Crippen molar-refractivity contribution in [2.45, 2.75) is 39.5 Å². The first kappa shape index (κ1) is 24.4. The summed E-state index contributed by atoms with van der Waals surface area (Å²) in [5.41, 5.74) is 2.59. The van der Waals surface area contributed by atoms with Crippen molar-refractivity contribution < 1.29 is 33.3 Å². The van der Waals surface area contributed by atoms with E-state index in [-0.39, 0.29) is 18.3 Å². The molecule has 0 unspecified atom stereocenters. The number of dihydropyridines is 1. The molecule has 1 aromatic carbocycles. The second-order valence-electron chi connectivity index (χ2n) is 8.28. The maximum atomic E-state index is 13.7. The monoisotopic (exact) mass is 457 g/mol. The second-order valence-corrected chi connectivity index (χ2v) is 8.28. The molecule has 1 N–H and O–H groups in total. The number of carbonyl (C=O) groups excluding carboxylic acids is 3. The summed E-state index contributed by atoms with van der Waals surface area (Å²) in [7, 11) is 4.33. The van der Waals surface area contributed by atoms with Gasteiger partial charge in [-0.1, -0.05) is 19.9 Å². The summed E-state index contributed by atoms with van der Waals surface area (Å²) in [4.78, 5) is 39.4. The number of ether oxygens (including phenoxy) is 4. The van der Waals surface area contributed by atoms with Crippen LogP contribution in [0.15, 0.2) is 40.7 Å². The smallest absolute Gasteiger partial charge is 0.336 e. The Balaban J connectivity index is 2.23. The molecule has 3 rings (SSSR count).